The highest BCUT2D eigenvalue weighted by atomic mass is 19.1. The first kappa shape index (κ1) is 8.94. The minimum atomic E-state index is -0.218. The quantitative estimate of drug-likeness (QED) is 0.680. The zero-order chi connectivity index (χ0) is 8.81. The lowest BCUT2D eigenvalue weighted by Gasteiger charge is -1.94. The van der Waals surface area contributed by atoms with Crippen LogP contribution in [0, 0.1) is 5.82 Å². The molecule has 0 aromatic heterocycles. The SMILES string of the molecule is OC/C=C/Cc1ccc(F)cc1. The first-order valence-electron chi connectivity index (χ1n) is 3.83. The van der Waals surface area contributed by atoms with Crippen molar-refractivity contribution < 1.29 is 9.50 Å². The van der Waals surface area contributed by atoms with Gasteiger partial charge in [-0.3, -0.25) is 0 Å². The van der Waals surface area contributed by atoms with Crippen molar-refractivity contribution in [1.82, 2.24) is 0 Å². The number of aliphatic hydroxyl groups is 1. The van der Waals surface area contributed by atoms with Crippen molar-refractivity contribution in [2.45, 2.75) is 6.42 Å². The maximum atomic E-state index is 12.4. The largest absolute Gasteiger partial charge is 0.392 e. The lowest BCUT2D eigenvalue weighted by atomic mass is 10.1. The Hall–Kier alpha value is -1.15. The molecule has 0 fully saturated rings. The fourth-order valence-electron chi connectivity index (χ4n) is 0.914. The summed E-state index contributed by atoms with van der Waals surface area (Å²) in [6, 6.07) is 6.33. The van der Waals surface area contributed by atoms with Gasteiger partial charge < -0.3 is 5.11 Å². The van der Waals surface area contributed by atoms with E-state index in [-0.39, 0.29) is 12.4 Å². The Morgan fingerprint density at radius 2 is 1.83 bits per heavy atom. The van der Waals surface area contributed by atoms with E-state index >= 15 is 0 Å². The molecule has 1 N–H and O–H groups in total. The molecule has 0 aliphatic heterocycles. The van der Waals surface area contributed by atoms with E-state index in [4.69, 9.17) is 5.11 Å². The third-order valence-corrected chi connectivity index (χ3v) is 1.54. The lowest BCUT2D eigenvalue weighted by molar-refractivity contribution is 0.342. The molecule has 0 amide bonds. The maximum Gasteiger partial charge on any atom is 0.123 e. The second-order valence-corrected chi connectivity index (χ2v) is 2.48. The smallest absolute Gasteiger partial charge is 0.123 e. The van der Waals surface area contributed by atoms with Crippen LogP contribution < -0.4 is 0 Å². The molecule has 0 spiro atoms. The summed E-state index contributed by atoms with van der Waals surface area (Å²) in [4.78, 5) is 0. The number of allylic oxidation sites excluding steroid dienone is 1. The molecule has 1 aromatic carbocycles. The molecule has 1 aromatic rings. The van der Waals surface area contributed by atoms with Crippen molar-refractivity contribution in [3.8, 4) is 0 Å². The van der Waals surface area contributed by atoms with Crippen molar-refractivity contribution in [1.29, 1.82) is 0 Å². The van der Waals surface area contributed by atoms with E-state index in [0.29, 0.717) is 0 Å². The van der Waals surface area contributed by atoms with Gasteiger partial charge in [0.2, 0.25) is 0 Å². The van der Waals surface area contributed by atoms with Gasteiger partial charge in [-0.25, -0.2) is 4.39 Å². The van der Waals surface area contributed by atoms with Crippen molar-refractivity contribution >= 4 is 0 Å². The molecule has 12 heavy (non-hydrogen) atoms. The van der Waals surface area contributed by atoms with Gasteiger partial charge in [-0.05, 0) is 24.1 Å². The normalized spacial score (nSPS) is 10.8. The zero-order valence-electron chi connectivity index (χ0n) is 6.70. The number of benzene rings is 1. The molecule has 0 saturated heterocycles. The first-order valence-corrected chi connectivity index (χ1v) is 3.83. The predicted molar refractivity (Wildman–Crippen MR) is 46.3 cm³/mol. The Kier molecular flexibility index (Phi) is 3.48. The van der Waals surface area contributed by atoms with E-state index in [9.17, 15) is 4.39 Å². The summed E-state index contributed by atoms with van der Waals surface area (Å²) in [6.45, 7) is 0.0567. The number of halogens is 1. The van der Waals surface area contributed by atoms with Crippen LogP contribution in [0.25, 0.3) is 0 Å². The highest BCUT2D eigenvalue weighted by Crippen LogP contribution is 2.03. The summed E-state index contributed by atoms with van der Waals surface area (Å²) >= 11 is 0. The summed E-state index contributed by atoms with van der Waals surface area (Å²) in [5, 5.41) is 8.44. The van der Waals surface area contributed by atoms with E-state index < -0.39 is 0 Å². The zero-order valence-corrected chi connectivity index (χ0v) is 6.70. The van der Waals surface area contributed by atoms with E-state index in [1.54, 1.807) is 18.2 Å². The molecule has 0 saturated carbocycles. The van der Waals surface area contributed by atoms with E-state index in [1.807, 2.05) is 6.08 Å². The molecule has 0 aliphatic rings. The molecule has 0 radical (unpaired) electrons. The summed E-state index contributed by atoms with van der Waals surface area (Å²) in [5.41, 5.74) is 1.04. The summed E-state index contributed by atoms with van der Waals surface area (Å²) < 4.78 is 12.4. The second kappa shape index (κ2) is 4.67. The first-order chi connectivity index (χ1) is 5.83. The predicted octanol–water partition coefficient (Wildman–Crippen LogP) is 1.92. The second-order valence-electron chi connectivity index (χ2n) is 2.48. The lowest BCUT2D eigenvalue weighted by Crippen LogP contribution is -1.82. The fraction of sp³-hybridized carbons (Fsp3) is 0.200. The molecule has 0 aliphatic carbocycles. The van der Waals surface area contributed by atoms with E-state index in [2.05, 4.69) is 0 Å². The molecule has 0 atom stereocenters. The third kappa shape index (κ3) is 2.84. The van der Waals surface area contributed by atoms with Crippen LogP contribution >= 0.6 is 0 Å². The molecule has 0 bridgehead atoms. The van der Waals surface area contributed by atoms with Crippen LogP contribution in [-0.2, 0) is 6.42 Å². The van der Waals surface area contributed by atoms with E-state index in [1.165, 1.54) is 12.1 Å². The average molecular weight is 166 g/mol. The van der Waals surface area contributed by atoms with Gasteiger partial charge >= 0.3 is 0 Å². The van der Waals surface area contributed by atoms with Gasteiger partial charge in [0, 0.05) is 0 Å². The van der Waals surface area contributed by atoms with Crippen molar-refractivity contribution in [3.05, 3.63) is 47.8 Å². The molecule has 1 nitrogen and oxygen atoms in total. The minimum Gasteiger partial charge on any atom is -0.392 e. The number of hydrogen-bond acceptors (Lipinski definition) is 1. The number of hydrogen-bond donors (Lipinski definition) is 1. The highest BCUT2D eigenvalue weighted by molar-refractivity contribution is 5.18. The van der Waals surface area contributed by atoms with Crippen LogP contribution in [-0.4, -0.2) is 11.7 Å². The van der Waals surface area contributed by atoms with Gasteiger partial charge in [0.15, 0.2) is 0 Å². The summed E-state index contributed by atoms with van der Waals surface area (Å²) in [5.74, 6) is -0.218. The molecular weight excluding hydrogens is 155 g/mol. The van der Waals surface area contributed by atoms with Gasteiger partial charge in [-0.2, -0.15) is 0 Å². The Balaban J connectivity index is 2.53. The summed E-state index contributed by atoms with van der Waals surface area (Å²) in [6.07, 6.45) is 4.26. The highest BCUT2D eigenvalue weighted by Gasteiger charge is 1.89. The maximum absolute atomic E-state index is 12.4. The van der Waals surface area contributed by atoms with Crippen LogP contribution in [0.15, 0.2) is 36.4 Å². The van der Waals surface area contributed by atoms with Crippen LogP contribution in [0.4, 0.5) is 4.39 Å². The van der Waals surface area contributed by atoms with Gasteiger partial charge in [-0.1, -0.05) is 24.3 Å². The molecule has 0 heterocycles. The van der Waals surface area contributed by atoms with Crippen molar-refractivity contribution in [2.75, 3.05) is 6.61 Å². The Morgan fingerprint density at radius 1 is 1.17 bits per heavy atom. The van der Waals surface area contributed by atoms with Crippen LogP contribution in [0.1, 0.15) is 5.56 Å². The Morgan fingerprint density at radius 3 is 2.42 bits per heavy atom. The molecule has 64 valence electrons. The van der Waals surface area contributed by atoms with Gasteiger partial charge in [0.1, 0.15) is 5.82 Å². The molecule has 1 rings (SSSR count). The summed E-state index contributed by atoms with van der Waals surface area (Å²) in [7, 11) is 0. The fourth-order valence-corrected chi connectivity index (χ4v) is 0.914. The average Bonchev–Trinajstić information content (AvgIpc) is 2.09. The molecule has 0 unspecified atom stereocenters. The molecule has 2 heteroatoms. The van der Waals surface area contributed by atoms with Gasteiger partial charge in [0.25, 0.3) is 0 Å². The minimum absolute atomic E-state index is 0.0567. The van der Waals surface area contributed by atoms with Gasteiger partial charge in [0.05, 0.1) is 6.61 Å². The standard InChI is InChI=1S/C10H11FO/c11-10-6-4-9(5-7-10)3-1-2-8-12/h1-2,4-7,12H,3,8H2/b2-1+. The van der Waals surface area contributed by atoms with Crippen LogP contribution in [0.2, 0.25) is 0 Å². The van der Waals surface area contributed by atoms with Crippen LogP contribution in [0.5, 0.6) is 0 Å². The topological polar surface area (TPSA) is 20.2 Å². The van der Waals surface area contributed by atoms with Gasteiger partial charge in [-0.15, -0.1) is 0 Å². The third-order valence-electron chi connectivity index (χ3n) is 1.54. The Labute approximate surface area is 71.2 Å². The van der Waals surface area contributed by atoms with Crippen molar-refractivity contribution in [3.63, 3.8) is 0 Å². The van der Waals surface area contributed by atoms with Crippen molar-refractivity contribution in [2.24, 2.45) is 0 Å². The van der Waals surface area contributed by atoms with E-state index in [0.717, 1.165) is 12.0 Å². The molecular formula is C10H11FO. The number of aliphatic hydroxyl groups excluding tert-OH is 1. The monoisotopic (exact) mass is 166 g/mol. The van der Waals surface area contributed by atoms with Crippen LogP contribution in [0.3, 0.4) is 0 Å². The number of rotatable bonds is 3. The Bertz CT molecular complexity index is 251.